The largest absolute Gasteiger partial charge is 0.357 e. The highest BCUT2D eigenvalue weighted by Crippen LogP contribution is 2.24. The topological polar surface area (TPSA) is 64.8 Å². The van der Waals surface area contributed by atoms with Crippen LogP contribution in [0.15, 0.2) is 10.7 Å². The Morgan fingerprint density at radius 1 is 1.65 bits per heavy atom. The van der Waals surface area contributed by atoms with Crippen molar-refractivity contribution in [2.75, 3.05) is 30.4 Å². The van der Waals surface area contributed by atoms with Gasteiger partial charge in [-0.05, 0) is 29.8 Å². The van der Waals surface area contributed by atoms with Crippen molar-refractivity contribution < 1.29 is 0 Å². The molecule has 1 aromatic heterocycles. The van der Waals surface area contributed by atoms with Gasteiger partial charge in [0.05, 0.1) is 16.5 Å². The number of hydrogen-bond donors (Lipinski definition) is 1. The predicted octanol–water partition coefficient (Wildman–Crippen LogP) is 2.27. The Labute approximate surface area is 110 Å². The third kappa shape index (κ3) is 3.56. The molecule has 1 aromatic rings. The Bertz CT molecular complexity index is 415. The molecule has 1 atom stereocenters. The first-order valence-electron chi connectivity index (χ1n) is 5.47. The Morgan fingerprint density at radius 2 is 2.35 bits per heavy atom. The van der Waals surface area contributed by atoms with Crippen molar-refractivity contribution in [2.45, 2.75) is 13.8 Å². The molecule has 1 rings (SSSR count). The molecule has 0 fully saturated rings. The summed E-state index contributed by atoms with van der Waals surface area (Å²) in [5, 5.41) is 11.8. The summed E-state index contributed by atoms with van der Waals surface area (Å²) in [5.74, 6) is 1.36. The average Bonchev–Trinajstić information content (AvgIpc) is 2.36. The fraction of sp³-hybridized carbons (Fsp3) is 0.545. The summed E-state index contributed by atoms with van der Waals surface area (Å²) in [6.07, 6.45) is 1.72. The normalized spacial score (nSPS) is 11.7. The highest BCUT2D eigenvalue weighted by molar-refractivity contribution is 9.10. The van der Waals surface area contributed by atoms with Gasteiger partial charge in [0.2, 0.25) is 5.95 Å². The van der Waals surface area contributed by atoms with Crippen LogP contribution >= 0.6 is 15.9 Å². The average molecular weight is 298 g/mol. The lowest BCUT2D eigenvalue weighted by atomic mass is 10.2. The molecule has 1 unspecified atom stereocenters. The van der Waals surface area contributed by atoms with Crippen LogP contribution in [0.25, 0.3) is 0 Å². The molecule has 0 saturated carbocycles. The van der Waals surface area contributed by atoms with Crippen LogP contribution in [-0.4, -0.2) is 30.1 Å². The predicted molar refractivity (Wildman–Crippen MR) is 71.9 cm³/mol. The maximum Gasteiger partial charge on any atom is 0.224 e. The highest BCUT2D eigenvalue weighted by Gasteiger charge is 2.14. The van der Waals surface area contributed by atoms with Crippen LogP contribution in [0.4, 0.5) is 11.8 Å². The molecule has 1 heterocycles. The summed E-state index contributed by atoms with van der Waals surface area (Å²) in [7, 11) is 1.78. The number of rotatable bonds is 5. The molecule has 0 saturated heterocycles. The minimum Gasteiger partial charge on any atom is -0.357 e. The van der Waals surface area contributed by atoms with E-state index in [2.05, 4.69) is 42.2 Å². The standard InChI is InChI=1S/C11H16BrN5/c1-4-17(7-8(2)5-13)10-9(12)6-15-11(14-3)16-10/h6,8H,4,7H2,1-3H3,(H,14,15,16). The van der Waals surface area contributed by atoms with E-state index in [1.165, 1.54) is 0 Å². The van der Waals surface area contributed by atoms with Crippen molar-refractivity contribution in [3.8, 4) is 6.07 Å². The molecular formula is C11H16BrN5. The zero-order valence-corrected chi connectivity index (χ0v) is 11.8. The molecule has 0 aliphatic rings. The van der Waals surface area contributed by atoms with E-state index in [-0.39, 0.29) is 5.92 Å². The van der Waals surface area contributed by atoms with E-state index in [1.54, 1.807) is 13.2 Å². The van der Waals surface area contributed by atoms with Gasteiger partial charge in [-0.3, -0.25) is 0 Å². The van der Waals surface area contributed by atoms with E-state index >= 15 is 0 Å². The van der Waals surface area contributed by atoms with Gasteiger partial charge in [-0.25, -0.2) is 4.98 Å². The highest BCUT2D eigenvalue weighted by atomic mass is 79.9. The minimum atomic E-state index is -0.0325. The number of aromatic nitrogens is 2. The van der Waals surface area contributed by atoms with E-state index in [1.807, 2.05) is 13.8 Å². The molecule has 0 aliphatic heterocycles. The summed E-state index contributed by atoms with van der Waals surface area (Å²) in [5.41, 5.74) is 0. The molecule has 92 valence electrons. The first-order chi connectivity index (χ1) is 8.12. The molecule has 0 radical (unpaired) electrons. The zero-order valence-electron chi connectivity index (χ0n) is 10.2. The molecule has 1 N–H and O–H groups in total. The van der Waals surface area contributed by atoms with Crippen molar-refractivity contribution in [2.24, 2.45) is 5.92 Å². The molecular weight excluding hydrogens is 282 g/mol. The number of nitriles is 1. The Morgan fingerprint density at radius 3 is 2.88 bits per heavy atom. The molecule has 0 bridgehead atoms. The molecule has 0 spiro atoms. The smallest absolute Gasteiger partial charge is 0.224 e. The van der Waals surface area contributed by atoms with E-state index in [4.69, 9.17) is 5.26 Å². The number of nitrogens with one attached hydrogen (secondary N) is 1. The van der Waals surface area contributed by atoms with Gasteiger partial charge < -0.3 is 10.2 Å². The van der Waals surface area contributed by atoms with Crippen molar-refractivity contribution in [3.05, 3.63) is 10.7 Å². The van der Waals surface area contributed by atoms with Crippen LogP contribution in [0, 0.1) is 17.2 Å². The fourth-order valence-electron chi connectivity index (χ4n) is 1.44. The molecule has 17 heavy (non-hydrogen) atoms. The van der Waals surface area contributed by atoms with E-state index in [0.29, 0.717) is 12.5 Å². The van der Waals surface area contributed by atoms with Crippen LogP contribution in [0.2, 0.25) is 0 Å². The van der Waals surface area contributed by atoms with Gasteiger partial charge in [-0.2, -0.15) is 10.2 Å². The molecule has 5 nitrogen and oxygen atoms in total. The Hall–Kier alpha value is -1.35. The van der Waals surface area contributed by atoms with Crippen molar-refractivity contribution in [1.29, 1.82) is 5.26 Å². The summed E-state index contributed by atoms with van der Waals surface area (Å²) in [6, 6.07) is 2.23. The van der Waals surface area contributed by atoms with E-state index in [9.17, 15) is 0 Å². The summed E-state index contributed by atoms with van der Waals surface area (Å²) < 4.78 is 0.837. The monoisotopic (exact) mass is 297 g/mol. The van der Waals surface area contributed by atoms with Crippen LogP contribution in [0.1, 0.15) is 13.8 Å². The van der Waals surface area contributed by atoms with Crippen LogP contribution in [-0.2, 0) is 0 Å². The Balaban J connectivity index is 2.98. The lowest BCUT2D eigenvalue weighted by molar-refractivity contribution is 0.677. The molecule has 0 aliphatic carbocycles. The van der Waals surface area contributed by atoms with Gasteiger partial charge in [0, 0.05) is 26.3 Å². The quantitative estimate of drug-likeness (QED) is 0.903. The lowest BCUT2D eigenvalue weighted by Crippen LogP contribution is -2.29. The van der Waals surface area contributed by atoms with Crippen LogP contribution < -0.4 is 10.2 Å². The summed E-state index contributed by atoms with van der Waals surface area (Å²) in [4.78, 5) is 10.6. The van der Waals surface area contributed by atoms with Crippen LogP contribution in [0.5, 0.6) is 0 Å². The van der Waals surface area contributed by atoms with Gasteiger partial charge in [-0.15, -0.1) is 0 Å². The molecule has 0 aromatic carbocycles. The van der Waals surface area contributed by atoms with Crippen molar-refractivity contribution in [1.82, 2.24) is 9.97 Å². The molecule has 6 heteroatoms. The van der Waals surface area contributed by atoms with Crippen molar-refractivity contribution in [3.63, 3.8) is 0 Å². The van der Waals surface area contributed by atoms with Gasteiger partial charge in [0.25, 0.3) is 0 Å². The van der Waals surface area contributed by atoms with Gasteiger partial charge in [0.15, 0.2) is 0 Å². The number of anilines is 2. The van der Waals surface area contributed by atoms with Gasteiger partial charge in [0.1, 0.15) is 5.82 Å². The number of hydrogen-bond acceptors (Lipinski definition) is 5. The second-order valence-corrected chi connectivity index (χ2v) is 4.54. The SMILES string of the molecule is CCN(CC(C)C#N)c1nc(NC)ncc1Br. The number of halogens is 1. The van der Waals surface area contributed by atoms with Crippen LogP contribution in [0.3, 0.4) is 0 Å². The Kier molecular flexibility index (Phi) is 5.16. The zero-order chi connectivity index (χ0) is 12.8. The number of nitrogens with zero attached hydrogens (tertiary/aromatic N) is 4. The summed E-state index contributed by atoms with van der Waals surface area (Å²) in [6.45, 7) is 5.39. The first kappa shape index (κ1) is 13.7. The minimum absolute atomic E-state index is 0.0325. The maximum atomic E-state index is 8.86. The third-order valence-corrected chi connectivity index (χ3v) is 2.90. The summed E-state index contributed by atoms with van der Waals surface area (Å²) >= 11 is 3.44. The van der Waals surface area contributed by atoms with E-state index < -0.39 is 0 Å². The van der Waals surface area contributed by atoms with Gasteiger partial charge in [-0.1, -0.05) is 0 Å². The fourth-order valence-corrected chi connectivity index (χ4v) is 1.88. The second-order valence-electron chi connectivity index (χ2n) is 3.68. The second kappa shape index (κ2) is 6.40. The lowest BCUT2D eigenvalue weighted by Gasteiger charge is -2.24. The van der Waals surface area contributed by atoms with Gasteiger partial charge >= 0.3 is 0 Å². The van der Waals surface area contributed by atoms with Crippen molar-refractivity contribution >= 4 is 27.7 Å². The maximum absolute atomic E-state index is 8.86. The van der Waals surface area contributed by atoms with E-state index in [0.717, 1.165) is 16.8 Å². The first-order valence-corrected chi connectivity index (χ1v) is 6.26. The third-order valence-electron chi connectivity index (χ3n) is 2.35. The molecule has 0 amide bonds.